The highest BCUT2D eigenvalue weighted by Crippen LogP contribution is 2.32. The molecule has 1 aliphatic rings. The fraction of sp³-hybridized carbons (Fsp3) is 0.526. The number of benzene rings is 1. The zero-order chi connectivity index (χ0) is 18.3. The molecular weight excluding hydrogens is 333 g/mol. The summed E-state index contributed by atoms with van der Waals surface area (Å²) in [4.78, 5) is 11.5. The smallest absolute Gasteiger partial charge is 0.229 e. The van der Waals surface area contributed by atoms with Gasteiger partial charge in [0.25, 0.3) is 0 Å². The van der Waals surface area contributed by atoms with E-state index < -0.39 is 0 Å². The molecule has 1 aliphatic heterocycles. The summed E-state index contributed by atoms with van der Waals surface area (Å²) in [6.07, 6.45) is 2.08. The molecule has 1 aromatic carbocycles. The minimum absolute atomic E-state index is 0.126. The Labute approximate surface area is 152 Å². The monoisotopic (exact) mass is 357 g/mol. The van der Waals surface area contributed by atoms with Gasteiger partial charge < -0.3 is 9.09 Å². The molecule has 3 heterocycles. The van der Waals surface area contributed by atoms with E-state index in [-0.39, 0.29) is 17.8 Å². The number of aryl methyl sites for hydroxylation is 1. The van der Waals surface area contributed by atoms with Crippen LogP contribution in [0.5, 0.6) is 0 Å². The van der Waals surface area contributed by atoms with Crippen LogP contribution in [0.4, 0.5) is 4.39 Å². The van der Waals surface area contributed by atoms with Crippen molar-refractivity contribution in [3.05, 3.63) is 41.6 Å². The third-order valence-corrected chi connectivity index (χ3v) is 5.08. The molecule has 0 N–H and O–H groups in total. The number of hydrogen-bond donors (Lipinski definition) is 0. The minimum atomic E-state index is -0.270. The molecule has 0 bridgehead atoms. The Morgan fingerprint density at radius 3 is 2.88 bits per heavy atom. The zero-order valence-corrected chi connectivity index (χ0v) is 15.4. The summed E-state index contributed by atoms with van der Waals surface area (Å²) in [5.74, 6) is 2.25. The Hall–Kier alpha value is -2.28. The van der Waals surface area contributed by atoms with Gasteiger partial charge in [-0.25, -0.2) is 9.37 Å². The molecule has 0 radical (unpaired) electrons. The van der Waals surface area contributed by atoms with Gasteiger partial charge in [0, 0.05) is 12.5 Å². The molecule has 1 saturated heterocycles. The minimum Gasteiger partial charge on any atom is -0.339 e. The molecule has 4 rings (SSSR count). The van der Waals surface area contributed by atoms with Crippen molar-refractivity contribution in [2.75, 3.05) is 6.54 Å². The van der Waals surface area contributed by atoms with Crippen molar-refractivity contribution >= 4 is 11.0 Å². The topological polar surface area (TPSA) is 60.0 Å². The van der Waals surface area contributed by atoms with Gasteiger partial charge in [-0.05, 0) is 38.4 Å². The van der Waals surface area contributed by atoms with Crippen LogP contribution < -0.4 is 0 Å². The van der Waals surface area contributed by atoms with Crippen LogP contribution in [-0.2, 0) is 13.1 Å². The average Bonchev–Trinajstić information content (AvgIpc) is 3.32. The molecule has 7 heteroatoms. The number of imidazole rings is 1. The number of nitrogens with zero attached hydrogens (tertiary/aromatic N) is 5. The lowest BCUT2D eigenvalue weighted by Gasteiger charge is -2.21. The number of para-hydroxylation sites is 1. The highest BCUT2D eigenvalue weighted by molar-refractivity contribution is 5.76. The van der Waals surface area contributed by atoms with Crippen molar-refractivity contribution in [3.63, 3.8) is 0 Å². The van der Waals surface area contributed by atoms with Crippen LogP contribution in [0.1, 0.15) is 63.1 Å². The van der Waals surface area contributed by atoms with E-state index in [9.17, 15) is 4.39 Å². The number of rotatable bonds is 5. The predicted octanol–water partition coefficient (Wildman–Crippen LogP) is 4.04. The van der Waals surface area contributed by atoms with Crippen LogP contribution in [-0.4, -0.2) is 31.1 Å². The van der Waals surface area contributed by atoms with Crippen LogP contribution in [0.25, 0.3) is 11.0 Å². The lowest BCUT2D eigenvalue weighted by Crippen LogP contribution is -2.25. The van der Waals surface area contributed by atoms with E-state index in [1.54, 1.807) is 6.07 Å². The maximum atomic E-state index is 14.1. The molecule has 26 heavy (non-hydrogen) atoms. The largest absolute Gasteiger partial charge is 0.339 e. The van der Waals surface area contributed by atoms with Crippen molar-refractivity contribution in [3.8, 4) is 0 Å². The van der Waals surface area contributed by atoms with Gasteiger partial charge in [0.05, 0.1) is 18.1 Å². The van der Waals surface area contributed by atoms with Crippen LogP contribution in [0.3, 0.4) is 0 Å². The first kappa shape index (κ1) is 17.1. The van der Waals surface area contributed by atoms with E-state index in [0.29, 0.717) is 18.0 Å². The van der Waals surface area contributed by atoms with Crippen LogP contribution in [0.15, 0.2) is 22.7 Å². The molecule has 3 aromatic rings. The van der Waals surface area contributed by atoms with Gasteiger partial charge in [0.15, 0.2) is 11.6 Å². The summed E-state index contributed by atoms with van der Waals surface area (Å²) < 4.78 is 21.6. The molecule has 0 saturated carbocycles. The van der Waals surface area contributed by atoms with Crippen molar-refractivity contribution in [1.29, 1.82) is 0 Å². The van der Waals surface area contributed by atoms with Crippen LogP contribution in [0, 0.1) is 5.82 Å². The molecular formula is C19H24FN5O. The Bertz CT molecular complexity index is 916. The van der Waals surface area contributed by atoms with E-state index in [0.717, 1.165) is 43.1 Å². The summed E-state index contributed by atoms with van der Waals surface area (Å²) >= 11 is 0. The summed E-state index contributed by atoms with van der Waals surface area (Å²) in [6.45, 7) is 8.51. The van der Waals surface area contributed by atoms with E-state index >= 15 is 0 Å². The normalized spacial score (nSPS) is 18.4. The van der Waals surface area contributed by atoms with E-state index in [2.05, 4.69) is 31.5 Å². The van der Waals surface area contributed by atoms with E-state index in [1.807, 2.05) is 19.9 Å². The van der Waals surface area contributed by atoms with Gasteiger partial charge in [-0.3, -0.25) is 4.90 Å². The lowest BCUT2D eigenvalue weighted by molar-refractivity contribution is 0.226. The fourth-order valence-corrected chi connectivity index (χ4v) is 3.74. The Morgan fingerprint density at radius 1 is 1.31 bits per heavy atom. The van der Waals surface area contributed by atoms with Gasteiger partial charge in [-0.2, -0.15) is 4.98 Å². The number of fused-ring (bicyclic) bond motifs is 1. The number of aromatic nitrogens is 4. The number of halogens is 1. The third kappa shape index (κ3) is 2.90. The quantitative estimate of drug-likeness (QED) is 0.690. The zero-order valence-electron chi connectivity index (χ0n) is 15.4. The maximum Gasteiger partial charge on any atom is 0.229 e. The second-order valence-corrected chi connectivity index (χ2v) is 7.15. The second-order valence-electron chi connectivity index (χ2n) is 7.15. The summed E-state index contributed by atoms with van der Waals surface area (Å²) in [7, 11) is 0. The summed E-state index contributed by atoms with van der Waals surface area (Å²) in [5.41, 5.74) is 1.29. The Morgan fingerprint density at radius 2 is 2.15 bits per heavy atom. The lowest BCUT2D eigenvalue weighted by atomic mass is 10.2. The maximum absolute atomic E-state index is 14.1. The van der Waals surface area contributed by atoms with Crippen molar-refractivity contribution in [2.24, 2.45) is 0 Å². The average molecular weight is 357 g/mol. The molecule has 1 atom stereocenters. The van der Waals surface area contributed by atoms with Crippen LogP contribution in [0.2, 0.25) is 0 Å². The molecule has 138 valence electrons. The van der Waals surface area contributed by atoms with Gasteiger partial charge in [-0.15, -0.1) is 0 Å². The molecule has 0 spiro atoms. The van der Waals surface area contributed by atoms with E-state index in [4.69, 9.17) is 4.52 Å². The Balaban J connectivity index is 1.63. The van der Waals surface area contributed by atoms with Gasteiger partial charge in [0.2, 0.25) is 5.89 Å². The molecule has 6 nitrogen and oxygen atoms in total. The molecule has 0 aliphatic carbocycles. The highest BCUT2D eigenvalue weighted by atomic mass is 19.1. The number of likely N-dealkylation sites (tertiary alicyclic amines) is 1. The predicted molar refractivity (Wildman–Crippen MR) is 96.1 cm³/mol. The first-order valence-electron chi connectivity index (χ1n) is 9.29. The number of hydrogen-bond acceptors (Lipinski definition) is 5. The van der Waals surface area contributed by atoms with Gasteiger partial charge in [0.1, 0.15) is 11.3 Å². The van der Waals surface area contributed by atoms with Crippen molar-refractivity contribution < 1.29 is 8.91 Å². The summed E-state index contributed by atoms with van der Waals surface area (Å²) in [5, 5.41) is 4.20. The molecule has 1 fully saturated rings. The van der Waals surface area contributed by atoms with Gasteiger partial charge >= 0.3 is 0 Å². The molecule has 2 aromatic heterocycles. The van der Waals surface area contributed by atoms with Crippen molar-refractivity contribution in [1.82, 2.24) is 24.6 Å². The summed E-state index contributed by atoms with van der Waals surface area (Å²) in [6, 6.07) is 5.25. The first-order valence-corrected chi connectivity index (χ1v) is 9.29. The van der Waals surface area contributed by atoms with Crippen LogP contribution >= 0.6 is 0 Å². The van der Waals surface area contributed by atoms with Gasteiger partial charge in [-0.1, -0.05) is 25.1 Å². The van der Waals surface area contributed by atoms with Crippen molar-refractivity contribution in [2.45, 2.75) is 58.7 Å². The SMILES string of the molecule is CCn1c(CN2CCC[C@@H]2c2noc(C(C)C)n2)nc2c(F)cccc21. The first-order chi connectivity index (χ1) is 12.6. The second kappa shape index (κ2) is 6.79. The molecule has 0 unspecified atom stereocenters. The third-order valence-electron chi connectivity index (χ3n) is 5.08. The molecule has 0 amide bonds. The standard InChI is InChI=1S/C19H24FN5O/c1-4-25-14-8-5-7-13(20)17(14)21-16(25)11-24-10-6-9-15(24)18-22-19(12(2)3)26-23-18/h5,7-8,12,15H,4,6,9-11H2,1-3H3/t15-/m1/s1. The highest BCUT2D eigenvalue weighted by Gasteiger charge is 2.31. The van der Waals surface area contributed by atoms with E-state index in [1.165, 1.54) is 6.07 Å². The Kier molecular flexibility index (Phi) is 4.48. The fourth-order valence-electron chi connectivity index (χ4n) is 3.74.